The van der Waals surface area contributed by atoms with Crippen LogP contribution in [0.2, 0.25) is 0 Å². The fraction of sp³-hybridized carbons (Fsp3) is 0.273. The molecular formula is C11H13FO. The molecule has 0 bridgehead atoms. The van der Waals surface area contributed by atoms with E-state index in [0.29, 0.717) is 0 Å². The van der Waals surface area contributed by atoms with E-state index in [1.165, 1.54) is 13.2 Å². The molecule has 0 saturated heterocycles. The van der Waals surface area contributed by atoms with Gasteiger partial charge in [0.05, 0.1) is 7.11 Å². The van der Waals surface area contributed by atoms with Gasteiger partial charge in [-0.1, -0.05) is 12.1 Å². The van der Waals surface area contributed by atoms with Gasteiger partial charge in [0.2, 0.25) is 0 Å². The lowest BCUT2D eigenvalue weighted by molar-refractivity contribution is 0.386. The maximum atomic E-state index is 13.2. The number of allylic oxidation sites excluding steroid dienone is 2. The summed E-state index contributed by atoms with van der Waals surface area (Å²) in [6, 6.07) is 4.96. The average Bonchev–Trinajstić information content (AvgIpc) is 2.16. The Balaban J connectivity index is 3.10. The number of hydrogen-bond acceptors (Lipinski definition) is 1. The molecule has 0 aliphatic carbocycles. The number of methoxy groups -OCH3 is 1. The van der Waals surface area contributed by atoms with E-state index in [-0.39, 0.29) is 11.6 Å². The Bertz CT molecular complexity index is 329. The van der Waals surface area contributed by atoms with E-state index in [4.69, 9.17) is 4.74 Å². The lowest BCUT2D eigenvalue weighted by Crippen LogP contribution is -1.89. The number of halogens is 1. The van der Waals surface area contributed by atoms with Crippen molar-refractivity contribution >= 4 is 5.57 Å². The minimum absolute atomic E-state index is 0.285. The third kappa shape index (κ3) is 2.08. The molecule has 0 unspecified atom stereocenters. The topological polar surface area (TPSA) is 9.23 Å². The molecule has 0 aliphatic heterocycles. The first-order valence-corrected chi connectivity index (χ1v) is 4.16. The van der Waals surface area contributed by atoms with Crippen LogP contribution in [-0.2, 0) is 0 Å². The van der Waals surface area contributed by atoms with E-state index < -0.39 is 0 Å². The summed E-state index contributed by atoms with van der Waals surface area (Å²) >= 11 is 0. The van der Waals surface area contributed by atoms with Crippen LogP contribution >= 0.6 is 0 Å². The van der Waals surface area contributed by atoms with Crippen LogP contribution in [0.15, 0.2) is 24.3 Å². The van der Waals surface area contributed by atoms with Crippen LogP contribution < -0.4 is 4.74 Å². The Kier molecular flexibility index (Phi) is 3.07. The molecule has 13 heavy (non-hydrogen) atoms. The van der Waals surface area contributed by atoms with Gasteiger partial charge in [0, 0.05) is 0 Å². The fourth-order valence-electron chi connectivity index (χ4n) is 1.08. The molecule has 0 heterocycles. The Morgan fingerprint density at radius 1 is 1.46 bits per heavy atom. The van der Waals surface area contributed by atoms with E-state index in [9.17, 15) is 4.39 Å². The number of hydrogen-bond donors (Lipinski definition) is 0. The van der Waals surface area contributed by atoms with Gasteiger partial charge in [-0.15, -0.1) is 0 Å². The largest absolute Gasteiger partial charge is 0.494 e. The van der Waals surface area contributed by atoms with Gasteiger partial charge in [-0.25, -0.2) is 4.39 Å². The van der Waals surface area contributed by atoms with Crippen molar-refractivity contribution in [1.82, 2.24) is 0 Å². The van der Waals surface area contributed by atoms with Crippen LogP contribution in [-0.4, -0.2) is 7.11 Å². The van der Waals surface area contributed by atoms with Crippen molar-refractivity contribution < 1.29 is 9.13 Å². The molecule has 1 nitrogen and oxygen atoms in total. The monoisotopic (exact) mass is 180 g/mol. The van der Waals surface area contributed by atoms with Crippen LogP contribution in [0.3, 0.4) is 0 Å². The van der Waals surface area contributed by atoms with Crippen LogP contribution in [0.4, 0.5) is 4.39 Å². The number of ether oxygens (including phenoxy) is 1. The molecule has 0 aliphatic rings. The summed E-state index contributed by atoms with van der Waals surface area (Å²) in [5.41, 5.74) is 1.95. The quantitative estimate of drug-likeness (QED) is 0.678. The Hall–Kier alpha value is -1.31. The van der Waals surface area contributed by atoms with E-state index in [1.807, 2.05) is 26.0 Å². The summed E-state index contributed by atoms with van der Waals surface area (Å²) in [7, 11) is 1.46. The zero-order valence-electron chi connectivity index (χ0n) is 8.10. The molecular weight excluding hydrogens is 167 g/mol. The molecule has 0 spiro atoms. The van der Waals surface area contributed by atoms with Gasteiger partial charge in [0.1, 0.15) is 0 Å². The van der Waals surface area contributed by atoms with Gasteiger partial charge in [-0.3, -0.25) is 0 Å². The van der Waals surface area contributed by atoms with E-state index in [1.54, 1.807) is 6.07 Å². The molecule has 70 valence electrons. The average molecular weight is 180 g/mol. The van der Waals surface area contributed by atoms with Gasteiger partial charge in [0.15, 0.2) is 11.6 Å². The first kappa shape index (κ1) is 9.78. The zero-order chi connectivity index (χ0) is 9.84. The molecule has 1 aromatic carbocycles. The molecule has 0 atom stereocenters. The second-order valence-corrected chi connectivity index (χ2v) is 2.82. The SMILES string of the molecule is CC=C(C)c1ccc(OC)c(F)c1. The van der Waals surface area contributed by atoms with Crippen molar-refractivity contribution in [3.8, 4) is 5.75 Å². The zero-order valence-corrected chi connectivity index (χ0v) is 8.10. The molecule has 1 aromatic rings. The lowest BCUT2D eigenvalue weighted by atomic mass is 10.1. The summed E-state index contributed by atoms with van der Waals surface area (Å²) in [5, 5.41) is 0. The molecule has 0 saturated carbocycles. The third-order valence-corrected chi connectivity index (χ3v) is 2.04. The lowest BCUT2D eigenvalue weighted by Gasteiger charge is -2.04. The van der Waals surface area contributed by atoms with Crippen molar-refractivity contribution in [1.29, 1.82) is 0 Å². The van der Waals surface area contributed by atoms with Gasteiger partial charge in [-0.05, 0) is 37.1 Å². The highest BCUT2D eigenvalue weighted by atomic mass is 19.1. The summed E-state index contributed by atoms with van der Waals surface area (Å²) in [6.45, 7) is 3.87. The van der Waals surface area contributed by atoms with Gasteiger partial charge in [0.25, 0.3) is 0 Å². The van der Waals surface area contributed by atoms with E-state index in [0.717, 1.165) is 11.1 Å². The highest BCUT2D eigenvalue weighted by Gasteiger charge is 2.03. The smallest absolute Gasteiger partial charge is 0.165 e. The van der Waals surface area contributed by atoms with Crippen molar-refractivity contribution in [2.45, 2.75) is 13.8 Å². The normalized spacial score (nSPS) is 11.5. The minimum Gasteiger partial charge on any atom is -0.494 e. The Morgan fingerprint density at radius 2 is 2.15 bits per heavy atom. The Labute approximate surface area is 77.8 Å². The van der Waals surface area contributed by atoms with Crippen LogP contribution in [0.25, 0.3) is 5.57 Å². The van der Waals surface area contributed by atoms with Crippen LogP contribution in [0, 0.1) is 5.82 Å². The van der Waals surface area contributed by atoms with Gasteiger partial charge < -0.3 is 4.74 Å². The Morgan fingerprint density at radius 3 is 2.62 bits per heavy atom. The van der Waals surface area contributed by atoms with Crippen molar-refractivity contribution in [2.24, 2.45) is 0 Å². The summed E-state index contributed by atoms with van der Waals surface area (Å²) in [6.07, 6.45) is 1.95. The molecule has 0 amide bonds. The molecule has 0 radical (unpaired) electrons. The molecule has 0 aromatic heterocycles. The number of rotatable bonds is 2. The number of benzene rings is 1. The van der Waals surface area contributed by atoms with Crippen molar-refractivity contribution in [3.05, 3.63) is 35.7 Å². The third-order valence-electron chi connectivity index (χ3n) is 2.04. The first-order chi connectivity index (χ1) is 6.19. The molecule has 2 heteroatoms. The molecule has 0 N–H and O–H groups in total. The summed E-state index contributed by atoms with van der Waals surface area (Å²) in [4.78, 5) is 0. The van der Waals surface area contributed by atoms with E-state index >= 15 is 0 Å². The highest BCUT2D eigenvalue weighted by molar-refractivity contribution is 5.63. The standard InChI is InChI=1S/C11H13FO/c1-4-8(2)9-5-6-11(13-3)10(12)7-9/h4-7H,1-3H3. The maximum Gasteiger partial charge on any atom is 0.165 e. The van der Waals surface area contributed by atoms with Gasteiger partial charge in [-0.2, -0.15) is 0 Å². The van der Waals surface area contributed by atoms with Crippen molar-refractivity contribution in [2.75, 3.05) is 7.11 Å². The second kappa shape index (κ2) is 4.08. The van der Waals surface area contributed by atoms with Crippen LogP contribution in [0.5, 0.6) is 5.75 Å². The van der Waals surface area contributed by atoms with Crippen molar-refractivity contribution in [3.63, 3.8) is 0 Å². The molecule has 0 fully saturated rings. The summed E-state index contributed by atoms with van der Waals surface area (Å²) < 4.78 is 18.0. The summed E-state index contributed by atoms with van der Waals surface area (Å²) in [5.74, 6) is -0.0335. The first-order valence-electron chi connectivity index (χ1n) is 4.16. The highest BCUT2D eigenvalue weighted by Crippen LogP contribution is 2.21. The minimum atomic E-state index is -0.318. The van der Waals surface area contributed by atoms with Gasteiger partial charge >= 0.3 is 0 Å². The predicted molar refractivity (Wildman–Crippen MR) is 52.3 cm³/mol. The van der Waals surface area contributed by atoms with E-state index in [2.05, 4.69) is 0 Å². The fourth-order valence-corrected chi connectivity index (χ4v) is 1.08. The second-order valence-electron chi connectivity index (χ2n) is 2.82. The predicted octanol–water partition coefficient (Wildman–Crippen LogP) is 3.26. The maximum absolute atomic E-state index is 13.2. The molecule has 1 rings (SSSR count). The van der Waals surface area contributed by atoms with Crippen LogP contribution in [0.1, 0.15) is 19.4 Å².